The molecule has 0 unspecified atom stereocenters. The van der Waals surface area contributed by atoms with Crippen LogP contribution < -0.4 is 10.6 Å². The van der Waals surface area contributed by atoms with Crippen molar-refractivity contribution in [1.82, 2.24) is 20.6 Å². The van der Waals surface area contributed by atoms with Gasteiger partial charge in [0.15, 0.2) is 5.96 Å². The van der Waals surface area contributed by atoms with Gasteiger partial charge in [-0.15, -0.1) is 0 Å². The Kier molecular flexibility index (Phi) is 5.11. The zero-order chi connectivity index (χ0) is 16.8. The smallest absolute Gasteiger partial charge is 0.191 e. The summed E-state index contributed by atoms with van der Waals surface area (Å²) in [5.41, 5.74) is 4.60. The van der Waals surface area contributed by atoms with E-state index in [1.54, 1.807) is 7.05 Å². The van der Waals surface area contributed by atoms with Crippen LogP contribution in [-0.2, 0) is 13.0 Å². The summed E-state index contributed by atoms with van der Waals surface area (Å²) in [6.07, 6.45) is 0.819. The summed E-state index contributed by atoms with van der Waals surface area (Å²) >= 11 is 0. The molecule has 0 aliphatic heterocycles. The zero-order valence-corrected chi connectivity index (χ0v) is 14.1. The Morgan fingerprint density at radius 2 is 2.00 bits per heavy atom. The number of fused-ring (bicyclic) bond motifs is 1. The molecule has 5 nitrogen and oxygen atoms in total. The maximum absolute atomic E-state index is 4.58. The highest BCUT2D eigenvalue weighted by molar-refractivity contribution is 5.79. The number of imidazole rings is 1. The summed E-state index contributed by atoms with van der Waals surface area (Å²) in [7, 11) is 1.78. The van der Waals surface area contributed by atoms with Gasteiger partial charge in [-0.2, -0.15) is 0 Å². The summed E-state index contributed by atoms with van der Waals surface area (Å²) in [6, 6.07) is 16.5. The number of nitrogens with one attached hydrogen (secondary N) is 3. The minimum Gasteiger partial charge on any atom is -0.356 e. The van der Waals surface area contributed by atoms with Gasteiger partial charge in [-0.25, -0.2) is 4.98 Å². The predicted octanol–water partition coefficient (Wildman–Crippen LogP) is 2.78. The van der Waals surface area contributed by atoms with Crippen molar-refractivity contribution in [2.45, 2.75) is 19.9 Å². The molecule has 0 amide bonds. The van der Waals surface area contributed by atoms with Crippen LogP contribution in [0, 0.1) is 6.92 Å². The van der Waals surface area contributed by atoms with Crippen molar-refractivity contribution in [2.75, 3.05) is 13.6 Å². The molecule has 3 N–H and O–H groups in total. The average molecular weight is 321 g/mol. The van der Waals surface area contributed by atoms with Gasteiger partial charge in [0, 0.05) is 26.6 Å². The zero-order valence-electron chi connectivity index (χ0n) is 14.1. The molecule has 1 aromatic heterocycles. The predicted molar refractivity (Wildman–Crippen MR) is 99.2 cm³/mol. The van der Waals surface area contributed by atoms with Crippen LogP contribution >= 0.6 is 0 Å². The Hall–Kier alpha value is -2.82. The Labute approximate surface area is 142 Å². The molecule has 5 heteroatoms. The molecule has 0 bridgehead atoms. The monoisotopic (exact) mass is 321 g/mol. The van der Waals surface area contributed by atoms with Gasteiger partial charge < -0.3 is 15.6 Å². The molecule has 124 valence electrons. The number of aromatic nitrogens is 2. The number of rotatable bonds is 5. The first-order valence-electron chi connectivity index (χ1n) is 8.18. The number of hydrogen-bond donors (Lipinski definition) is 3. The van der Waals surface area contributed by atoms with Crippen LogP contribution in [0.2, 0.25) is 0 Å². The van der Waals surface area contributed by atoms with Crippen molar-refractivity contribution >= 4 is 17.0 Å². The molecule has 0 spiro atoms. The lowest BCUT2D eigenvalue weighted by molar-refractivity contribution is 0.776. The summed E-state index contributed by atoms with van der Waals surface area (Å²) in [5.74, 6) is 1.78. The second-order valence-corrected chi connectivity index (χ2v) is 5.79. The molecule has 24 heavy (non-hydrogen) atoms. The number of para-hydroxylation sites is 2. The molecular formula is C19H23N5. The fourth-order valence-corrected chi connectivity index (χ4v) is 2.65. The normalized spacial score (nSPS) is 11.7. The highest BCUT2D eigenvalue weighted by Gasteiger charge is 2.03. The summed E-state index contributed by atoms with van der Waals surface area (Å²) < 4.78 is 0. The Balaban J connectivity index is 1.49. The molecular weight excluding hydrogens is 298 g/mol. The van der Waals surface area contributed by atoms with E-state index in [1.165, 1.54) is 11.1 Å². The second-order valence-electron chi connectivity index (χ2n) is 5.79. The number of aryl methyl sites for hydroxylation is 1. The van der Waals surface area contributed by atoms with E-state index in [9.17, 15) is 0 Å². The third kappa shape index (κ3) is 4.13. The number of benzene rings is 2. The van der Waals surface area contributed by atoms with Crippen LogP contribution in [0.5, 0.6) is 0 Å². The van der Waals surface area contributed by atoms with E-state index in [4.69, 9.17) is 0 Å². The summed E-state index contributed by atoms with van der Waals surface area (Å²) in [5, 5.41) is 6.66. The van der Waals surface area contributed by atoms with Gasteiger partial charge in [0.2, 0.25) is 0 Å². The fraction of sp³-hybridized carbons (Fsp3) is 0.263. The molecule has 0 radical (unpaired) electrons. The number of guanidine groups is 1. The van der Waals surface area contributed by atoms with Gasteiger partial charge in [-0.3, -0.25) is 4.99 Å². The molecule has 0 aliphatic rings. The lowest BCUT2D eigenvalue weighted by atomic mass is 10.1. The fourth-order valence-electron chi connectivity index (χ4n) is 2.65. The van der Waals surface area contributed by atoms with E-state index in [0.29, 0.717) is 0 Å². The third-order valence-corrected chi connectivity index (χ3v) is 3.86. The molecule has 2 aromatic carbocycles. The molecule has 0 saturated carbocycles. The molecule has 0 atom stereocenters. The largest absolute Gasteiger partial charge is 0.356 e. The standard InChI is InChI=1S/C19H23N5/c1-14-6-5-7-15(12-14)13-22-19(20-2)21-11-10-18-23-16-8-3-4-9-17(16)24-18/h3-9,12H,10-11,13H2,1-2H3,(H,23,24)(H2,20,21,22). The van der Waals surface area contributed by atoms with Crippen LogP contribution in [-0.4, -0.2) is 29.5 Å². The second kappa shape index (κ2) is 7.64. The van der Waals surface area contributed by atoms with Gasteiger partial charge in [-0.05, 0) is 24.6 Å². The van der Waals surface area contributed by atoms with Gasteiger partial charge in [-0.1, -0.05) is 42.0 Å². The average Bonchev–Trinajstić information content (AvgIpc) is 3.00. The summed E-state index contributed by atoms with van der Waals surface area (Å²) in [6.45, 7) is 3.63. The van der Waals surface area contributed by atoms with E-state index in [0.717, 1.165) is 42.3 Å². The van der Waals surface area contributed by atoms with Crippen molar-refractivity contribution in [3.8, 4) is 0 Å². The van der Waals surface area contributed by atoms with Gasteiger partial charge in [0.05, 0.1) is 11.0 Å². The molecule has 0 fully saturated rings. The van der Waals surface area contributed by atoms with E-state index in [2.05, 4.69) is 56.8 Å². The Morgan fingerprint density at radius 1 is 1.12 bits per heavy atom. The molecule has 3 aromatic rings. The van der Waals surface area contributed by atoms with Gasteiger partial charge >= 0.3 is 0 Å². The number of aromatic amines is 1. The van der Waals surface area contributed by atoms with E-state index < -0.39 is 0 Å². The van der Waals surface area contributed by atoms with E-state index in [-0.39, 0.29) is 0 Å². The third-order valence-electron chi connectivity index (χ3n) is 3.86. The number of aliphatic imine (C=N–C) groups is 1. The maximum atomic E-state index is 4.58. The highest BCUT2D eigenvalue weighted by Crippen LogP contribution is 2.10. The van der Waals surface area contributed by atoms with E-state index >= 15 is 0 Å². The molecule has 3 rings (SSSR count). The number of nitrogens with zero attached hydrogens (tertiary/aromatic N) is 2. The first-order chi connectivity index (χ1) is 11.7. The Morgan fingerprint density at radius 3 is 2.79 bits per heavy atom. The number of hydrogen-bond acceptors (Lipinski definition) is 2. The maximum Gasteiger partial charge on any atom is 0.191 e. The SMILES string of the molecule is CN=C(NCCc1nc2ccccc2[nH]1)NCc1cccc(C)c1. The summed E-state index contributed by atoms with van der Waals surface area (Å²) in [4.78, 5) is 12.2. The number of H-pyrrole nitrogens is 1. The lowest BCUT2D eigenvalue weighted by Crippen LogP contribution is -2.37. The minimum absolute atomic E-state index is 0.756. The van der Waals surface area contributed by atoms with Crippen molar-refractivity contribution < 1.29 is 0 Å². The molecule has 1 heterocycles. The lowest BCUT2D eigenvalue weighted by Gasteiger charge is -2.11. The molecule has 0 aliphatic carbocycles. The van der Waals surface area contributed by atoms with Gasteiger partial charge in [0.1, 0.15) is 5.82 Å². The van der Waals surface area contributed by atoms with Crippen molar-refractivity contribution in [1.29, 1.82) is 0 Å². The van der Waals surface area contributed by atoms with Crippen LogP contribution in [0.3, 0.4) is 0 Å². The first kappa shape index (κ1) is 16.1. The quantitative estimate of drug-likeness (QED) is 0.500. The minimum atomic E-state index is 0.756. The van der Waals surface area contributed by atoms with Crippen molar-refractivity contribution in [3.05, 3.63) is 65.5 Å². The molecule has 0 saturated heterocycles. The van der Waals surface area contributed by atoms with Crippen LogP contribution in [0.25, 0.3) is 11.0 Å². The van der Waals surface area contributed by atoms with Crippen LogP contribution in [0.4, 0.5) is 0 Å². The first-order valence-corrected chi connectivity index (χ1v) is 8.18. The van der Waals surface area contributed by atoms with Crippen LogP contribution in [0.1, 0.15) is 17.0 Å². The van der Waals surface area contributed by atoms with Crippen LogP contribution in [0.15, 0.2) is 53.5 Å². The van der Waals surface area contributed by atoms with Crippen molar-refractivity contribution in [2.24, 2.45) is 4.99 Å². The van der Waals surface area contributed by atoms with E-state index in [1.807, 2.05) is 24.3 Å². The van der Waals surface area contributed by atoms with Gasteiger partial charge in [0.25, 0.3) is 0 Å². The Bertz CT molecular complexity index is 801. The highest BCUT2D eigenvalue weighted by atomic mass is 15.2. The topological polar surface area (TPSA) is 65.1 Å². The van der Waals surface area contributed by atoms with Crippen molar-refractivity contribution in [3.63, 3.8) is 0 Å².